The van der Waals surface area contributed by atoms with Gasteiger partial charge in [0, 0.05) is 57.4 Å². The third-order valence-electron chi connectivity index (χ3n) is 5.81. The van der Waals surface area contributed by atoms with Gasteiger partial charge in [-0.3, -0.25) is 19.5 Å². The molecule has 0 saturated carbocycles. The first-order valence-electron chi connectivity index (χ1n) is 10.6. The molecule has 1 aliphatic rings. The molecule has 1 aromatic carbocycles. The highest BCUT2D eigenvalue weighted by Crippen LogP contribution is 2.27. The number of fused-ring (bicyclic) bond motifs is 1. The zero-order valence-electron chi connectivity index (χ0n) is 19.2. The van der Waals surface area contributed by atoms with Crippen LogP contribution in [-0.4, -0.2) is 84.6 Å². The van der Waals surface area contributed by atoms with Crippen molar-refractivity contribution in [1.29, 1.82) is 0 Å². The summed E-state index contributed by atoms with van der Waals surface area (Å²) in [4.78, 5) is 37.4. The van der Waals surface area contributed by atoms with Gasteiger partial charge >= 0.3 is 0 Å². The van der Waals surface area contributed by atoms with E-state index < -0.39 is 0 Å². The number of likely N-dealkylation sites (N-methyl/N-ethyl adjacent to an activating group) is 2. The van der Waals surface area contributed by atoms with E-state index >= 15 is 0 Å². The minimum Gasteiger partial charge on any atom is -0.491 e. The Morgan fingerprint density at radius 1 is 1.22 bits per heavy atom. The number of nitrogens with one attached hydrogen (secondary N) is 1. The number of amides is 2. The van der Waals surface area contributed by atoms with E-state index in [-0.39, 0.29) is 35.6 Å². The molecule has 0 unspecified atom stereocenters. The number of aromatic nitrogens is 2. The largest absolute Gasteiger partial charge is 0.491 e. The number of rotatable bonds is 3. The Morgan fingerprint density at radius 3 is 2.69 bits per heavy atom. The maximum atomic E-state index is 13.2. The van der Waals surface area contributed by atoms with Crippen molar-refractivity contribution >= 4 is 17.5 Å². The Labute approximate surface area is 188 Å². The average Bonchev–Trinajstić information content (AvgIpc) is 2.80. The van der Waals surface area contributed by atoms with Gasteiger partial charge in [-0.2, -0.15) is 0 Å². The Balaban J connectivity index is 1.89. The highest BCUT2D eigenvalue weighted by molar-refractivity contribution is 6.03. The monoisotopic (exact) mass is 441 g/mol. The second-order valence-corrected chi connectivity index (χ2v) is 8.29. The van der Waals surface area contributed by atoms with Gasteiger partial charge in [0.1, 0.15) is 18.1 Å². The second kappa shape index (κ2) is 10.5. The first kappa shape index (κ1) is 23.6. The van der Waals surface area contributed by atoms with Crippen molar-refractivity contribution in [2.45, 2.75) is 26.0 Å². The van der Waals surface area contributed by atoms with Crippen LogP contribution in [0.5, 0.6) is 5.75 Å². The zero-order chi connectivity index (χ0) is 23.3. The summed E-state index contributed by atoms with van der Waals surface area (Å²) in [5.41, 5.74) is 1.14. The molecular formula is C23H31N5O4. The number of methoxy groups -OCH3 is 1. The first-order chi connectivity index (χ1) is 15.3. The molecule has 172 valence electrons. The van der Waals surface area contributed by atoms with Crippen molar-refractivity contribution < 1.29 is 19.1 Å². The smallest absolute Gasteiger partial charge is 0.275 e. The lowest BCUT2D eigenvalue weighted by Gasteiger charge is -2.34. The van der Waals surface area contributed by atoms with Crippen LogP contribution in [0.3, 0.4) is 0 Å². The molecular weight excluding hydrogens is 410 g/mol. The van der Waals surface area contributed by atoms with Crippen LogP contribution >= 0.6 is 0 Å². The molecule has 0 radical (unpaired) electrons. The van der Waals surface area contributed by atoms with Crippen molar-refractivity contribution in [2.75, 3.05) is 46.2 Å². The fraction of sp³-hybridized carbons (Fsp3) is 0.478. The summed E-state index contributed by atoms with van der Waals surface area (Å²) in [7, 11) is 5.49. The lowest BCUT2D eigenvalue weighted by atomic mass is 10.0. The van der Waals surface area contributed by atoms with E-state index in [1.165, 1.54) is 18.6 Å². The first-order valence-corrected chi connectivity index (χ1v) is 10.6. The molecule has 0 bridgehead atoms. The van der Waals surface area contributed by atoms with Crippen LogP contribution in [0.4, 0.5) is 5.69 Å². The van der Waals surface area contributed by atoms with E-state index in [1.807, 2.05) is 0 Å². The molecule has 9 heteroatoms. The molecule has 0 saturated heterocycles. The van der Waals surface area contributed by atoms with Crippen LogP contribution < -0.4 is 10.1 Å². The van der Waals surface area contributed by atoms with Gasteiger partial charge in [-0.15, -0.1) is 0 Å². The summed E-state index contributed by atoms with van der Waals surface area (Å²) < 4.78 is 11.8. The second-order valence-electron chi connectivity index (χ2n) is 8.29. The van der Waals surface area contributed by atoms with Crippen LogP contribution in [-0.2, 0) is 4.74 Å². The van der Waals surface area contributed by atoms with Gasteiger partial charge in [-0.25, -0.2) is 4.98 Å². The maximum absolute atomic E-state index is 13.2. The number of carbonyl (C=O) groups is 2. The molecule has 0 spiro atoms. The molecule has 9 nitrogen and oxygen atoms in total. The average molecular weight is 442 g/mol. The topological polar surface area (TPSA) is 96.9 Å². The molecule has 2 aromatic rings. The highest BCUT2D eigenvalue weighted by Gasteiger charge is 2.27. The lowest BCUT2D eigenvalue weighted by molar-refractivity contribution is 0.0150. The number of anilines is 1. The van der Waals surface area contributed by atoms with Crippen molar-refractivity contribution in [3.05, 3.63) is 48.0 Å². The van der Waals surface area contributed by atoms with Gasteiger partial charge in [0.25, 0.3) is 11.8 Å². The number of hydrogen-bond donors (Lipinski definition) is 1. The molecule has 0 aliphatic carbocycles. The number of nitrogens with zero attached hydrogens (tertiary/aromatic N) is 4. The fourth-order valence-electron chi connectivity index (χ4n) is 3.64. The predicted octanol–water partition coefficient (Wildman–Crippen LogP) is 2.16. The summed E-state index contributed by atoms with van der Waals surface area (Å²) in [5.74, 6) is 0.101. The van der Waals surface area contributed by atoms with Crippen LogP contribution in [0.2, 0.25) is 0 Å². The van der Waals surface area contributed by atoms with Crippen molar-refractivity contribution in [3.8, 4) is 5.75 Å². The van der Waals surface area contributed by atoms with Crippen molar-refractivity contribution in [2.24, 2.45) is 5.92 Å². The number of carbonyl (C=O) groups excluding carboxylic acids is 2. The Bertz CT molecular complexity index is 939. The van der Waals surface area contributed by atoms with E-state index in [4.69, 9.17) is 9.47 Å². The van der Waals surface area contributed by atoms with Crippen LogP contribution in [0.15, 0.2) is 36.8 Å². The van der Waals surface area contributed by atoms with Crippen LogP contribution in [0.25, 0.3) is 0 Å². The van der Waals surface area contributed by atoms with Crippen molar-refractivity contribution in [1.82, 2.24) is 19.8 Å². The number of benzene rings is 1. The summed E-state index contributed by atoms with van der Waals surface area (Å²) in [5, 5.41) is 2.79. The van der Waals surface area contributed by atoms with Gasteiger partial charge < -0.3 is 19.7 Å². The molecule has 1 aliphatic heterocycles. The van der Waals surface area contributed by atoms with Crippen LogP contribution in [0, 0.1) is 5.92 Å². The normalized spacial score (nSPS) is 22.8. The van der Waals surface area contributed by atoms with E-state index in [2.05, 4.69) is 41.1 Å². The quantitative estimate of drug-likeness (QED) is 0.780. The Kier molecular flexibility index (Phi) is 7.76. The predicted molar refractivity (Wildman–Crippen MR) is 121 cm³/mol. The summed E-state index contributed by atoms with van der Waals surface area (Å²) in [6, 6.07) is 5.14. The summed E-state index contributed by atoms with van der Waals surface area (Å²) >= 11 is 0. The van der Waals surface area contributed by atoms with Crippen molar-refractivity contribution in [3.63, 3.8) is 0 Å². The van der Waals surface area contributed by atoms with E-state index in [0.717, 1.165) is 6.54 Å². The number of ether oxygens (including phenoxy) is 2. The minimum atomic E-state index is -0.389. The van der Waals surface area contributed by atoms with Gasteiger partial charge in [0.05, 0.1) is 17.9 Å². The zero-order valence-corrected chi connectivity index (χ0v) is 19.2. The standard InChI is InChI=1S/C23H31N5O4/c1-15-12-27(3)16(2)14-32-20-10-17(26-22(29)19-11-24-8-9-25-19)6-7-18(20)23(30)28(4)13-21(15)31-5/h6-11,15-16,21H,12-14H2,1-5H3,(H,26,29)/t15-,16+,21-/m1/s1. The molecule has 1 N–H and O–H groups in total. The Morgan fingerprint density at radius 2 is 2.00 bits per heavy atom. The van der Waals surface area contributed by atoms with E-state index in [9.17, 15) is 9.59 Å². The number of hydrogen-bond acceptors (Lipinski definition) is 7. The summed E-state index contributed by atoms with van der Waals surface area (Å²) in [6.07, 6.45) is 4.26. The van der Waals surface area contributed by atoms with Gasteiger partial charge in [-0.05, 0) is 32.0 Å². The SMILES string of the molecule is CO[C@@H]1CN(C)C(=O)c2ccc(NC(=O)c3cnccn3)cc2OC[C@H](C)N(C)C[C@H]1C. The maximum Gasteiger partial charge on any atom is 0.275 e. The molecule has 2 amide bonds. The lowest BCUT2D eigenvalue weighted by Crippen LogP contribution is -2.45. The van der Waals surface area contributed by atoms with Gasteiger partial charge in [0.2, 0.25) is 0 Å². The third kappa shape index (κ3) is 5.60. The van der Waals surface area contributed by atoms with E-state index in [0.29, 0.717) is 30.2 Å². The highest BCUT2D eigenvalue weighted by atomic mass is 16.5. The molecule has 32 heavy (non-hydrogen) atoms. The molecule has 3 atom stereocenters. The van der Waals surface area contributed by atoms with Gasteiger partial charge in [-0.1, -0.05) is 6.92 Å². The molecule has 0 fully saturated rings. The molecule has 3 rings (SSSR count). The minimum absolute atomic E-state index is 0.0899. The molecule has 1 aromatic heterocycles. The molecule has 2 heterocycles. The summed E-state index contributed by atoms with van der Waals surface area (Å²) in [6.45, 7) is 5.87. The Hall–Kier alpha value is -3.04. The van der Waals surface area contributed by atoms with Gasteiger partial charge in [0.15, 0.2) is 0 Å². The fourth-order valence-corrected chi connectivity index (χ4v) is 3.64. The van der Waals surface area contributed by atoms with E-state index in [1.54, 1.807) is 37.3 Å². The van der Waals surface area contributed by atoms with Crippen LogP contribution in [0.1, 0.15) is 34.7 Å². The third-order valence-corrected chi connectivity index (χ3v) is 5.81.